The van der Waals surface area contributed by atoms with Crippen LogP contribution in [0.1, 0.15) is 18.4 Å². The number of rotatable bonds is 5. The van der Waals surface area contributed by atoms with Gasteiger partial charge in [-0.15, -0.1) is 0 Å². The second kappa shape index (κ2) is 7.41. The predicted octanol–water partition coefficient (Wildman–Crippen LogP) is -0.246. The molecule has 0 radical (unpaired) electrons. The number of carbonyl (C=O) groups excluding carboxylic acids is 1. The van der Waals surface area contributed by atoms with Crippen molar-refractivity contribution in [3.05, 3.63) is 29.8 Å². The van der Waals surface area contributed by atoms with Crippen molar-refractivity contribution in [3.63, 3.8) is 0 Å². The molecule has 1 heterocycles. The molecule has 1 aliphatic heterocycles. The van der Waals surface area contributed by atoms with Crippen LogP contribution in [0.25, 0.3) is 0 Å². The molecule has 1 fully saturated rings. The maximum absolute atomic E-state index is 11.9. The van der Waals surface area contributed by atoms with Crippen molar-refractivity contribution in [2.75, 3.05) is 25.0 Å². The van der Waals surface area contributed by atoms with E-state index in [1.165, 1.54) is 4.31 Å². The summed E-state index contributed by atoms with van der Waals surface area (Å²) in [6.07, 6.45) is 1.08. The van der Waals surface area contributed by atoms with Gasteiger partial charge in [-0.2, -0.15) is 18.0 Å². The monoisotopic (exact) mass is 337 g/mol. The van der Waals surface area contributed by atoms with Gasteiger partial charge in [0.2, 0.25) is 5.91 Å². The van der Waals surface area contributed by atoms with Crippen molar-refractivity contribution in [1.29, 1.82) is 5.26 Å². The van der Waals surface area contributed by atoms with Crippen molar-refractivity contribution in [1.82, 2.24) is 9.62 Å². The molecular formula is C14H19N5O3S. The molecule has 1 aromatic rings. The quantitative estimate of drug-likeness (QED) is 0.683. The molecule has 0 unspecified atom stereocenters. The first-order valence-electron chi connectivity index (χ1n) is 7.20. The summed E-state index contributed by atoms with van der Waals surface area (Å²) in [7, 11) is -3.64. The Hall–Kier alpha value is -2.15. The Morgan fingerprint density at radius 3 is 2.43 bits per heavy atom. The number of anilines is 1. The molecule has 0 aliphatic carbocycles. The lowest BCUT2D eigenvalue weighted by molar-refractivity contribution is -0.120. The molecule has 4 N–H and O–H groups in total. The van der Waals surface area contributed by atoms with Crippen molar-refractivity contribution in [3.8, 4) is 6.07 Å². The molecule has 1 saturated heterocycles. The van der Waals surface area contributed by atoms with E-state index in [0.29, 0.717) is 31.5 Å². The van der Waals surface area contributed by atoms with Gasteiger partial charge in [0.1, 0.15) is 0 Å². The SMILES string of the molecule is N#Cc1ccc(NCC(=O)NC2CCN(S(N)(=O)=O)CC2)cc1. The number of nitrogens with zero attached hydrogens (tertiary/aromatic N) is 2. The number of piperidine rings is 1. The fraction of sp³-hybridized carbons (Fsp3) is 0.429. The smallest absolute Gasteiger partial charge is 0.276 e. The molecule has 2 rings (SSSR count). The molecule has 23 heavy (non-hydrogen) atoms. The van der Waals surface area contributed by atoms with E-state index >= 15 is 0 Å². The number of nitriles is 1. The van der Waals surface area contributed by atoms with Crippen LogP contribution in [0.2, 0.25) is 0 Å². The van der Waals surface area contributed by atoms with Crippen LogP contribution in [0.3, 0.4) is 0 Å². The lowest BCUT2D eigenvalue weighted by Gasteiger charge is -2.30. The average molecular weight is 337 g/mol. The molecule has 1 amide bonds. The molecular weight excluding hydrogens is 318 g/mol. The Labute approximate surface area is 135 Å². The number of nitrogens with two attached hydrogens (primary N) is 1. The Kier molecular flexibility index (Phi) is 5.54. The van der Waals surface area contributed by atoms with Crippen molar-refractivity contribution in [2.45, 2.75) is 18.9 Å². The molecule has 0 bridgehead atoms. The van der Waals surface area contributed by atoms with Gasteiger partial charge in [0.25, 0.3) is 10.2 Å². The number of hydrogen-bond donors (Lipinski definition) is 3. The number of hydrogen-bond acceptors (Lipinski definition) is 5. The van der Waals surface area contributed by atoms with E-state index in [0.717, 1.165) is 5.69 Å². The van der Waals surface area contributed by atoms with Gasteiger partial charge >= 0.3 is 0 Å². The van der Waals surface area contributed by atoms with Gasteiger partial charge in [-0.3, -0.25) is 4.79 Å². The standard InChI is InChI=1S/C14H19N5O3S/c15-9-11-1-3-12(4-2-11)17-10-14(20)18-13-5-7-19(8-6-13)23(16,21)22/h1-4,13,17H,5-8,10H2,(H,18,20)(H2,16,21,22). The number of benzene rings is 1. The van der Waals surface area contributed by atoms with Crippen molar-refractivity contribution < 1.29 is 13.2 Å². The molecule has 0 atom stereocenters. The predicted molar refractivity (Wildman–Crippen MR) is 85.5 cm³/mol. The van der Waals surface area contributed by atoms with E-state index in [1.807, 2.05) is 6.07 Å². The van der Waals surface area contributed by atoms with Crippen LogP contribution < -0.4 is 15.8 Å². The maximum atomic E-state index is 11.9. The van der Waals surface area contributed by atoms with Crippen LogP contribution in [-0.4, -0.2) is 44.3 Å². The Morgan fingerprint density at radius 2 is 1.91 bits per heavy atom. The minimum Gasteiger partial charge on any atom is -0.376 e. The first-order valence-corrected chi connectivity index (χ1v) is 8.70. The van der Waals surface area contributed by atoms with E-state index in [4.69, 9.17) is 10.4 Å². The zero-order chi connectivity index (χ0) is 16.9. The van der Waals surface area contributed by atoms with Crippen LogP contribution in [0.4, 0.5) is 5.69 Å². The second-order valence-electron chi connectivity index (χ2n) is 5.33. The third kappa shape index (κ3) is 5.21. The average Bonchev–Trinajstić information content (AvgIpc) is 2.53. The van der Waals surface area contributed by atoms with Crippen molar-refractivity contribution >= 4 is 21.8 Å². The van der Waals surface area contributed by atoms with Gasteiger partial charge in [0.15, 0.2) is 0 Å². The third-order valence-electron chi connectivity index (χ3n) is 3.65. The molecule has 124 valence electrons. The maximum Gasteiger partial charge on any atom is 0.276 e. The Morgan fingerprint density at radius 1 is 1.30 bits per heavy atom. The van der Waals surface area contributed by atoms with Gasteiger partial charge < -0.3 is 10.6 Å². The van der Waals surface area contributed by atoms with Gasteiger partial charge in [-0.05, 0) is 37.1 Å². The van der Waals surface area contributed by atoms with Gasteiger partial charge in [0.05, 0.1) is 18.2 Å². The summed E-state index contributed by atoms with van der Waals surface area (Å²) in [6.45, 7) is 0.737. The zero-order valence-electron chi connectivity index (χ0n) is 12.5. The van der Waals surface area contributed by atoms with Crippen LogP contribution in [0.15, 0.2) is 24.3 Å². The molecule has 1 aromatic carbocycles. The summed E-state index contributed by atoms with van der Waals surface area (Å²) in [4.78, 5) is 11.9. The summed E-state index contributed by atoms with van der Waals surface area (Å²) >= 11 is 0. The normalized spacial score (nSPS) is 16.5. The van der Waals surface area contributed by atoms with Crippen LogP contribution >= 0.6 is 0 Å². The third-order valence-corrected chi connectivity index (χ3v) is 4.73. The molecule has 0 saturated carbocycles. The van der Waals surface area contributed by atoms with Gasteiger partial charge in [0, 0.05) is 24.8 Å². The highest BCUT2D eigenvalue weighted by Gasteiger charge is 2.25. The molecule has 1 aliphatic rings. The number of amides is 1. The lowest BCUT2D eigenvalue weighted by Crippen LogP contribution is -2.49. The highest BCUT2D eigenvalue weighted by molar-refractivity contribution is 7.86. The minimum atomic E-state index is -3.64. The molecule has 0 spiro atoms. The van der Waals surface area contributed by atoms with Gasteiger partial charge in [-0.25, -0.2) is 5.14 Å². The molecule has 9 heteroatoms. The molecule has 8 nitrogen and oxygen atoms in total. The highest BCUT2D eigenvalue weighted by Crippen LogP contribution is 2.12. The minimum absolute atomic E-state index is 0.0525. The fourth-order valence-corrected chi connectivity index (χ4v) is 3.10. The van der Waals surface area contributed by atoms with E-state index in [1.54, 1.807) is 24.3 Å². The van der Waals surface area contributed by atoms with Crippen LogP contribution in [-0.2, 0) is 15.0 Å². The van der Waals surface area contributed by atoms with E-state index in [-0.39, 0.29) is 18.5 Å². The fourth-order valence-electron chi connectivity index (χ4n) is 2.38. The van der Waals surface area contributed by atoms with Crippen LogP contribution in [0, 0.1) is 11.3 Å². The second-order valence-corrected chi connectivity index (χ2v) is 6.87. The van der Waals surface area contributed by atoms with E-state index in [9.17, 15) is 13.2 Å². The zero-order valence-corrected chi connectivity index (χ0v) is 13.3. The van der Waals surface area contributed by atoms with E-state index in [2.05, 4.69) is 10.6 Å². The molecule has 0 aromatic heterocycles. The van der Waals surface area contributed by atoms with E-state index < -0.39 is 10.2 Å². The summed E-state index contributed by atoms with van der Waals surface area (Å²) in [6, 6.07) is 8.78. The number of nitrogens with one attached hydrogen (secondary N) is 2. The summed E-state index contributed by atoms with van der Waals surface area (Å²) in [5.41, 5.74) is 1.31. The van der Waals surface area contributed by atoms with Gasteiger partial charge in [-0.1, -0.05) is 0 Å². The summed E-state index contributed by atoms with van der Waals surface area (Å²) < 4.78 is 23.6. The Bertz CT molecular complexity index is 688. The lowest BCUT2D eigenvalue weighted by atomic mass is 10.1. The first-order chi connectivity index (χ1) is 10.9. The summed E-state index contributed by atoms with van der Waals surface area (Å²) in [5.74, 6) is -0.164. The highest BCUT2D eigenvalue weighted by atomic mass is 32.2. The number of carbonyl (C=O) groups is 1. The summed E-state index contributed by atoms with van der Waals surface area (Å²) in [5, 5.41) is 19.6. The van der Waals surface area contributed by atoms with Crippen LogP contribution in [0.5, 0.6) is 0 Å². The van der Waals surface area contributed by atoms with Crippen molar-refractivity contribution in [2.24, 2.45) is 5.14 Å². The first kappa shape index (κ1) is 17.2. The Balaban J connectivity index is 1.74. The topological polar surface area (TPSA) is 128 Å². The largest absolute Gasteiger partial charge is 0.376 e.